The summed E-state index contributed by atoms with van der Waals surface area (Å²) in [6, 6.07) is 4.43. The molecule has 3 rings (SSSR count). The largest absolute Gasteiger partial charge is 0.305 e. The van der Waals surface area contributed by atoms with E-state index >= 15 is 0 Å². The van der Waals surface area contributed by atoms with Gasteiger partial charge in [-0.25, -0.2) is 4.39 Å². The molecule has 0 N–H and O–H groups in total. The minimum Gasteiger partial charge on any atom is -0.305 e. The fourth-order valence-corrected chi connectivity index (χ4v) is 3.28. The summed E-state index contributed by atoms with van der Waals surface area (Å²) in [5, 5.41) is 0. The van der Waals surface area contributed by atoms with Crippen molar-refractivity contribution in [3.05, 3.63) is 29.6 Å². The number of halogens is 1. The number of fused-ring (bicyclic) bond motifs is 1. The molecule has 4 nitrogen and oxygen atoms in total. The van der Waals surface area contributed by atoms with E-state index in [9.17, 15) is 14.0 Å². The zero-order valence-electron chi connectivity index (χ0n) is 12.1. The number of benzene rings is 1. The maximum Gasteiger partial charge on any atom is 0.299 e. The maximum absolute atomic E-state index is 13.2. The number of rotatable bonds is 3. The lowest BCUT2D eigenvalue weighted by Gasteiger charge is -2.33. The summed E-state index contributed by atoms with van der Waals surface area (Å²) in [4.78, 5) is 27.8. The van der Waals surface area contributed by atoms with Crippen LogP contribution >= 0.6 is 0 Å². The summed E-state index contributed by atoms with van der Waals surface area (Å²) in [7, 11) is 2.10. The molecule has 1 saturated heterocycles. The average Bonchev–Trinajstić information content (AvgIpc) is 2.71. The number of carbonyl (C=O) groups is 2. The monoisotopic (exact) mass is 290 g/mol. The van der Waals surface area contributed by atoms with Crippen LogP contribution in [-0.2, 0) is 4.79 Å². The summed E-state index contributed by atoms with van der Waals surface area (Å²) < 4.78 is 13.2. The van der Waals surface area contributed by atoms with Crippen molar-refractivity contribution in [2.24, 2.45) is 0 Å². The van der Waals surface area contributed by atoms with Crippen LogP contribution in [0, 0.1) is 5.82 Å². The van der Waals surface area contributed by atoms with Crippen LogP contribution in [0.15, 0.2) is 18.2 Å². The molecule has 0 bridgehead atoms. The van der Waals surface area contributed by atoms with Gasteiger partial charge in [0.25, 0.3) is 11.7 Å². The number of nitrogens with zero attached hydrogens (tertiary/aromatic N) is 2. The van der Waals surface area contributed by atoms with Crippen molar-refractivity contribution < 1.29 is 14.0 Å². The molecule has 1 fully saturated rings. The molecule has 1 amide bonds. The minimum atomic E-state index is -0.596. The maximum atomic E-state index is 13.2. The highest BCUT2D eigenvalue weighted by atomic mass is 19.1. The minimum absolute atomic E-state index is 0.192. The van der Waals surface area contributed by atoms with Crippen molar-refractivity contribution in [1.29, 1.82) is 0 Å². The number of likely N-dealkylation sites (tertiary alicyclic amines) is 1. The lowest BCUT2D eigenvalue weighted by Crippen LogP contribution is -2.40. The van der Waals surface area contributed by atoms with Crippen LogP contribution in [0.1, 0.15) is 36.0 Å². The van der Waals surface area contributed by atoms with E-state index in [-0.39, 0.29) is 5.56 Å². The lowest BCUT2D eigenvalue weighted by molar-refractivity contribution is -0.114. The second kappa shape index (κ2) is 5.56. The molecule has 2 aliphatic heterocycles. The number of amides is 1. The van der Waals surface area contributed by atoms with Crippen molar-refractivity contribution in [2.45, 2.75) is 31.7 Å². The molecule has 1 aromatic rings. The third kappa shape index (κ3) is 2.58. The van der Waals surface area contributed by atoms with Gasteiger partial charge in [0.15, 0.2) is 0 Å². The Morgan fingerprint density at radius 3 is 2.86 bits per heavy atom. The Balaban J connectivity index is 1.74. The number of Topliss-reactive ketones (excluding diaryl/α,β-unsaturated/α-hetero) is 1. The Morgan fingerprint density at radius 1 is 1.29 bits per heavy atom. The van der Waals surface area contributed by atoms with Crippen molar-refractivity contribution in [2.75, 3.05) is 25.0 Å². The normalized spacial score (nSPS) is 22.8. The van der Waals surface area contributed by atoms with Crippen LogP contribution in [0.5, 0.6) is 0 Å². The molecule has 0 aliphatic carbocycles. The number of carbonyl (C=O) groups excluding carboxylic acids is 2. The van der Waals surface area contributed by atoms with E-state index in [0.29, 0.717) is 18.3 Å². The summed E-state index contributed by atoms with van der Waals surface area (Å²) in [5.41, 5.74) is 0.738. The number of piperidine rings is 1. The predicted octanol–water partition coefficient (Wildman–Crippen LogP) is 2.23. The van der Waals surface area contributed by atoms with E-state index in [4.69, 9.17) is 0 Å². The first-order valence-electron chi connectivity index (χ1n) is 7.44. The second-order valence-corrected chi connectivity index (χ2v) is 5.87. The third-order valence-corrected chi connectivity index (χ3v) is 4.54. The highest BCUT2D eigenvalue weighted by molar-refractivity contribution is 6.52. The zero-order chi connectivity index (χ0) is 15.0. The van der Waals surface area contributed by atoms with Gasteiger partial charge in [0.1, 0.15) is 5.82 Å². The van der Waals surface area contributed by atoms with E-state index in [1.807, 2.05) is 0 Å². The van der Waals surface area contributed by atoms with Crippen LogP contribution in [0.3, 0.4) is 0 Å². The Labute approximate surface area is 123 Å². The molecule has 0 aromatic heterocycles. The number of ketones is 1. The first-order chi connectivity index (χ1) is 10.1. The van der Waals surface area contributed by atoms with Gasteiger partial charge in [-0.1, -0.05) is 6.42 Å². The highest BCUT2D eigenvalue weighted by Crippen LogP contribution is 2.30. The third-order valence-electron chi connectivity index (χ3n) is 4.54. The number of hydrogen-bond donors (Lipinski definition) is 0. The van der Waals surface area contributed by atoms with Crippen LogP contribution < -0.4 is 4.90 Å². The molecule has 21 heavy (non-hydrogen) atoms. The van der Waals surface area contributed by atoms with E-state index in [0.717, 1.165) is 25.5 Å². The van der Waals surface area contributed by atoms with Gasteiger partial charge in [-0.2, -0.15) is 0 Å². The Hall–Kier alpha value is -1.75. The Kier molecular flexibility index (Phi) is 3.76. The molecule has 112 valence electrons. The first kappa shape index (κ1) is 14.2. The van der Waals surface area contributed by atoms with Crippen molar-refractivity contribution in [3.63, 3.8) is 0 Å². The molecular weight excluding hydrogens is 271 g/mol. The van der Waals surface area contributed by atoms with Gasteiger partial charge in [0.05, 0.1) is 11.3 Å². The van der Waals surface area contributed by atoms with Crippen molar-refractivity contribution >= 4 is 17.4 Å². The fraction of sp³-hybridized carbons (Fsp3) is 0.500. The molecule has 0 spiro atoms. The number of anilines is 1. The zero-order valence-corrected chi connectivity index (χ0v) is 12.1. The molecule has 0 radical (unpaired) electrons. The smallest absolute Gasteiger partial charge is 0.299 e. The first-order valence-corrected chi connectivity index (χ1v) is 7.44. The highest BCUT2D eigenvalue weighted by Gasteiger charge is 2.36. The summed E-state index contributed by atoms with van der Waals surface area (Å²) >= 11 is 0. The molecule has 5 heteroatoms. The summed E-state index contributed by atoms with van der Waals surface area (Å²) in [5.74, 6) is -1.61. The van der Waals surface area contributed by atoms with Gasteiger partial charge < -0.3 is 9.80 Å². The van der Waals surface area contributed by atoms with Gasteiger partial charge in [0, 0.05) is 12.6 Å². The predicted molar refractivity (Wildman–Crippen MR) is 78.0 cm³/mol. The lowest BCUT2D eigenvalue weighted by atomic mass is 10.00. The summed E-state index contributed by atoms with van der Waals surface area (Å²) in [6.45, 7) is 1.59. The van der Waals surface area contributed by atoms with E-state index in [2.05, 4.69) is 11.9 Å². The quantitative estimate of drug-likeness (QED) is 0.802. The van der Waals surface area contributed by atoms with Crippen LogP contribution in [0.2, 0.25) is 0 Å². The molecule has 2 aliphatic rings. The van der Waals surface area contributed by atoms with Crippen molar-refractivity contribution in [3.8, 4) is 0 Å². The molecule has 1 aromatic carbocycles. The van der Waals surface area contributed by atoms with Crippen LogP contribution in [-0.4, -0.2) is 42.8 Å². The van der Waals surface area contributed by atoms with Gasteiger partial charge >= 0.3 is 0 Å². The molecule has 2 heterocycles. The standard InChI is InChI=1S/C16H19FN2O2/c1-18-8-3-2-4-12(18)7-9-19-14-6-5-11(17)10-13(14)15(20)16(19)21/h5-6,10,12H,2-4,7-9H2,1H3. The molecule has 1 unspecified atom stereocenters. The van der Waals surface area contributed by atoms with E-state index in [1.165, 1.54) is 29.9 Å². The summed E-state index contributed by atoms with van der Waals surface area (Å²) in [6.07, 6.45) is 4.40. The van der Waals surface area contributed by atoms with Gasteiger partial charge in [-0.05, 0) is 51.1 Å². The molecular formula is C16H19FN2O2. The topological polar surface area (TPSA) is 40.6 Å². The number of hydrogen-bond acceptors (Lipinski definition) is 3. The van der Waals surface area contributed by atoms with Crippen LogP contribution in [0.4, 0.5) is 10.1 Å². The SMILES string of the molecule is CN1CCCCC1CCN1C(=O)C(=O)c2cc(F)ccc21. The van der Waals surface area contributed by atoms with E-state index < -0.39 is 17.5 Å². The van der Waals surface area contributed by atoms with Gasteiger partial charge in [0.2, 0.25) is 0 Å². The molecule has 0 saturated carbocycles. The van der Waals surface area contributed by atoms with Gasteiger partial charge in [-0.3, -0.25) is 9.59 Å². The average molecular weight is 290 g/mol. The van der Waals surface area contributed by atoms with Crippen LogP contribution in [0.25, 0.3) is 0 Å². The Bertz CT molecular complexity index is 588. The van der Waals surface area contributed by atoms with Gasteiger partial charge in [-0.15, -0.1) is 0 Å². The fourth-order valence-electron chi connectivity index (χ4n) is 3.28. The van der Waals surface area contributed by atoms with E-state index in [1.54, 1.807) is 0 Å². The Morgan fingerprint density at radius 2 is 2.10 bits per heavy atom. The van der Waals surface area contributed by atoms with Crippen molar-refractivity contribution in [1.82, 2.24) is 4.90 Å². The molecule has 1 atom stereocenters. The second-order valence-electron chi connectivity index (χ2n) is 5.87.